The number of aromatic amines is 1. The Morgan fingerprint density at radius 3 is 2.60 bits per heavy atom. The predicted molar refractivity (Wildman–Crippen MR) is 134 cm³/mol. The Balaban J connectivity index is 1.31. The number of carbonyl (C=O) groups excluding carboxylic acids is 2. The summed E-state index contributed by atoms with van der Waals surface area (Å²) in [5.74, 6) is 1.07. The number of aromatic nitrogens is 3. The predicted octanol–water partition coefficient (Wildman–Crippen LogP) is 4.71. The first kappa shape index (κ1) is 22.8. The standard InChI is InChI=1S/C27H29N5O3/c1-4-25(33)29-20-10-11-21(14-20)32(3)27(34)18-7-5-17(6-8-18)19-9-12-24-22(13-19)23(15-28-24)26-31-30-16(2)35-26/h5-9,12-13,15,20-21,28H,4,10-11,14H2,1-3H3,(H,29,33). The number of hydrogen-bond acceptors (Lipinski definition) is 5. The van der Waals surface area contributed by atoms with E-state index in [4.69, 9.17) is 4.42 Å². The molecule has 0 saturated heterocycles. The molecule has 2 heterocycles. The first-order chi connectivity index (χ1) is 16.9. The van der Waals surface area contributed by atoms with Crippen molar-refractivity contribution in [3.8, 4) is 22.6 Å². The van der Waals surface area contributed by atoms with Gasteiger partial charge in [-0.25, -0.2) is 0 Å². The molecule has 0 aliphatic heterocycles. The number of aryl methyl sites for hydroxylation is 1. The third-order valence-corrected chi connectivity index (χ3v) is 6.86. The van der Waals surface area contributed by atoms with Gasteiger partial charge in [0.1, 0.15) is 0 Å². The van der Waals surface area contributed by atoms with E-state index >= 15 is 0 Å². The van der Waals surface area contributed by atoms with E-state index in [2.05, 4.69) is 26.6 Å². The molecule has 4 aromatic rings. The summed E-state index contributed by atoms with van der Waals surface area (Å²) < 4.78 is 5.61. The normalized spacial score (nSPS) is 17.6. The number of carbonyl (C=O) groups is 2. The summed E-state index contributed by atoms with van der Waals surface area (Å²) in [6.07, 6.45) is 4.95. The highest BCUT2D eigenvalue weighted by Gasteiger charge is 2.30. The highest BCUT2D eigenvalue weighted by Crippen LogP contribution is 2.32. The second-order valence-corrected chi connectivity index (χ2v) is 9.17. The van der Waals surface area contributed by atoms with Crippen molar-refractivity contribution in [2.45, 2.75) is 51.6 Å². The van der Waals surface area contributed by atoms with Gasteiger partial charge < -0.3 is 19.6 Å². The maximum absolute atomic E-state index is 13.1. The molecule has 2 aromatic carbocycles. The van der Waals surface area contributed by atoms with Crippen molar-refractivity contribution in [2.75, 3.05) is 7.05 Å². The molecule has 2 aromatic heterocycles. The molecule has 35 heavy (non-hydrogen) atoms. The number of H-pyrrole nitrogens is 1. The van der Waals surface area contributed by atoms with Crippen LogP contribution in [0, 0.1) is 6.92 Å². The van der Waals surface area contributed by atoms with Crippen LogP contribution in [0.25, 0.3) is 33.5 Å². The Bertz CT molecular complexity index is 1370. The summed E-state index contributed by atoms with van der Waals surface area (Å²) in [6.45, 7) is 3.62. The van der Waals surface area contributed by atoms with Crippen LogP contribution in [-0.4, -0.2) is 51.0 Å². The number of nitrogens with one attached hydrogen (secondary N) is 2. The Hall–Kier alpha value is -3.94. The van der Waals surface area contributed by atoms with Crippen molar-refractivity contribution in [2.24, 2.45) is 0 Å². The van der Waals surface area contributed by atoms with Crippen LogP contribution in [0.5, 0.6) is 0 Å². The zero-order valence-corrected chi connectivity index (χ0v) is 20.2. The van der Waals surface area contributed by atoms with Crippen LogP contribution in [0.2, 0.25) is 0 Å². The molecule has 1 fully saturated rings. The molecule has 1 saturated carbocycles. The van der Waals surface area contributed by atoms with Gasteiger partial charge in [-0.05, 0) is 54.7 Å². The van der Waals surface area contributed by atoms with Crippen LogP contribution in [-0.2, 0) is 4.79 Å². The number of hydrogen-bond donors (Lipinski definition) is 2. The number of benzene rings is 2. The van der Waals surface area contributed by atoms with E-state index in [9.17, 15) is 9.59 Å². The van der Waals surface area contributed by atoms with Crippen molar-refractivity contribution < 1.29 is 14.0 Å². The summed E-state index contributed by atoms with van der Waals surface area (Å²) in [6, 6.07) is 14.2. The van der Waals surface area contributed by atoms with Crippen molar-refractivity contribution >= 4 is 22.7 Å². The summed E-state index contributed by atoms with van der Waals surface area (Å²) in [5, 5.41) is 12.1. The van der Waals surface area contributed by atoms with Gasteiger partial charge in [0, 0.05) is 55.1 Å². The maximum Gasteiger partial charge on any atom is 0.253 e. The number of amides is 2. The van der Waals surface area contributed by atoms with Crippen molar-refractivity contribution in [1.82, 2.24) is 25.4 Å². The zero-order valence-electron chi connectivity index (χ0n) is 20.2. The van der Waals surface area contributed by atoms with Gasteiger partial charge in [-0.1, -0.05) is 25.1 Å². The third-order valence-electron chi connectivity index (χ3n) is 6.86. The van der Waals surface area contributed by atoms with Crippen LogP contribution in [0.3, 0.4) is 0 Å². The summed E-state index contributed by atoms with van der Waals surface area (Å²) in [5.41, 5.74) is 4.55. The first-order valence-corrected chi connectivity index (χ1v) is 12.0. The Morgan fingerprint density at radius 1 is 1.11 bits per heavy atom. The minimum atomic E-state index is -0.000783. The van der Waals surface area contributed by atoms with E-state index in [1.807, 2.05) is 61.5 Å². The molecule has 2 atom stereocenters. The van der Waals surface area contributed by atoms with Crippen LogP contribution < -0.4 is 5.32 Å². The van der Waals surface area contributed by atoms with Gasteiger partial charge in [-0.2, -0.15) is 0 Å². The molecule has 2 N–H and O–H groups in total. The van der Waals surface area contributed by atoms with E-state index in [1.165, 1.54) is 0 Å². The van der Waals surface area contributed by atoms with Gasteiger partial charge in [0.25, 0.3) is 5.91 Å². The van der Waals surface area contributed by atoms with Crippen molar-refractivity contribution in [3.63, 3.8) is 0 Å². The second-order valence-electron chi connectivity index (χ2n) is 9.17. The lowest BCUT2D eigenvalue weighted by Crippen LogP contribution is -2.38. The van der Waals surface area contributed by atoms with E-state index in [-0.39, 0.29) is 23.9 Å². The van der Waals surface area contributed by atoms with Gasteiger partial charge in [-0.15, -0.1) is 10.2 Å². The molecular weight excluding hydrogens is 442 g/mol. The topological polar surface area (TPSA) is 104 Å². The molecule has 0 radical (unpaired) electrons. The molecule has 5 rings (SSSR count). The molecule has 0 bridgehead atoms. The Morgan fingerprint density at radius 2 is 1.89 bits per heavy atom. The van der Waals surface area contributed by atoms with Crippen LogP contribution in [0.4, 0.5) is 0 Å². The van der Waals surface area contributed by atoms with Crippen LogP contribution >= 0.6 is 0 Å². The van der Waals surface area contributed by atoms with E-state index < -0.39 is 0 Å². The van der Waals surface area contributed by atoms with Gasteiger partial charge >= 0.3 is 0 Å². The lowest BCUT2D eigenvalue weighted by Gasteiger charge is -2.25. The summed E-state index contributed by atoms with van der Waals surface area (Å²) in [7, 11) is 1.85. The summed E-state index contributed by atoms with van der Waals surface area (Å²) >= 11 is 0. The highest BCUT2D eigenvalue weighted by molar-refractivity contribution is 5.97. The average Bonchev–Trinajstić information content (AvgIpc) is 3.62. The zero-order chi connectivity index (χ0) is 24.5. The van der Waals surface area contributed by atoms with Crippen LogP contribution in [0.15, 0.2) is 53.1 Å². The van der Waals surface area contributed by atoms with Gasteiger partial charge in [-0.3, -0.25) is 9.59 Å². The quantitative estimate of drug-likeness (QED) is 0.424. The number of fused-ring (bicyclic) bond motifs is 1. The monoisotopic (exact) mass is 471 g/mol. The average molecular weight is 472 g/mol. The van der Waals surface area contributed by atoms with E-state index in [1.54, 1.807) is 6.92 Å². The molecular formula is C27H29N5O3. The molecule has 2 amide bonds. The fourth-order valence-electron chi connectivity index (χ4n) is 4.83. The minimum Gasteiger partial charge on any atom is -0.421 e. The van der Waals surface area contributed by atoms with E-state index in [0.717, 1.165) is 46.9 Å². The van der Waals surface area contributed by atoms with Crippen molar-refractivity contribution in [3.05, 3.63) is 60.1 Å². The Kier molecular flexibility index (Phi) is 6.11. The summed E-state index contributed by atoms with van der Waals surface area (Å²) in [4.78, 5) is 29.9. The molecule has 8 nitrogen and oxygen atoms in total. The molecule has 180 valence electrons. The Labute approximate surface area is 203 Å². The molecule has 1 aliphatic rings. The fourth-order valence-corrected chi connectivity index (χ4v) is 4.83. The largest absolute Gasteiger partial charge is 0.421 e. The third kappa shape index (κ3) is 4.56. The smallest absolute Gasteiger partial charge is 0.253 e. The first-order valence-electron chi connectivity index (χ1n) is 12.0. The highest BCUT2D eigenvalue weighted by atomic mass is 16.4. The minimum absolute atomic E-state index is 0.000783. The lowest BCUT2D eigenvalue weighted by molar-refractivity contribution is -0.121. The van der Waals surface area contributed by atoms with E-state index in [0.29, 0.717) is 23.8 Å². The van der Waals surface area contributed by atoms with Gasteiger partial charge in [0.05, 0.1) is 5.56 Å². The number of rotatable bonds is 6. The van der Waals surface area contributed by atoms with Gasteiger partial charge in [0.15, 0.2) is 0 Å². The second kappa shape index (κ2) is 9.37. The van der Waals surface area contributed by atoms with Crippen LogP contribution in [0.1, 0.15) is 48.9 Å². The molecule has 2 unspecified atom stereocenters. The fraction of sp³-hybridized carbons (Fsp3) is 0.333. The SMILES string of the molecule is CCC(=O)NC1CCC(N(C)C(=O)c2ccc(-c3ccc4[nH]cc(-c5nnc(C)o5)c4c3)cc2)C1. The van der Waals surface area contributed by atoms with Gasteiger partial charge in [0.2, 0.25) is 17.7 Å². The number of nitrogens with zero attached hydrogens (tertiary/aromatic N) is 3. The van der Waals surface area contributed by atoms with Crippen molar-refractivity contribution in [1.29, 1.82) is 0 Å². The maximum atomic E-state index is 13.1. The molecule has 1 aliphatic carbocycles. The molecule has 0 spiro atoms. The molecule has 8 heteroatoms. The lowest BCUT2D eigenvalue weighted by atomic mass is 10.0.